The molecule has 108 valence electrons. The second-order valence-electron chi connectivity index (χ2n) is 4.90. The molecule has 0 radical (unpaired) electrons. The lowest BCUT2D eigenvalue weighted by atomic mass is 10.0. The first-order valence-electron chi connectivity index (χ1n) is 6.09. The molecule has 4 N–H and O–H groups in total. The molecule has 0 fully saturated rings. The van der Waals surface area contributed by atoms with Gasteiger partial charge < -0.3 is 16.2 Å². The summed E-state index contributed by atoms with van der Waals surface area (Å²) < 4.78 is 38.5. The van der Waals surface area contributed by atoms with Crippen molar-refractivity contribution in [3.05, 3.63) is 23.8 Å². The van der Waals surface area contributed by atoms with Crippen LogP contribution >= 0.6 is 0 Å². The lowest BCUT2D eigenvalue weighted by molar-refractivity contribution is -0.137. The zero-order valence-electron chi connectivity index (χ0n) is 11.0. The monoisotopic (exact) mass is 276 g/mol. The van der Waals surface area contributed by atoms with Gasteiger partial charge in [-0.2, -0.15) is 13.2 Å². The number of aliphatic hydroxyl groups is 1. The molecule has 1 atom stereocenters. The fraction of sp³-hybridized carbons (Fsp3) is 0.538. The zero-order chi connectivity index (χ0) is 14.7. The Labute approximate surface area is 110 Å². The summed E-state index contributed by atoms with van der Waals surface area (Å²) in [5.41, 5.74) is 3.50. The van der Waals surface area contributed by atoms with Gasteiger partial charge in [0.25, 0.3) is 0 Å². The molecule has 0 saturated heterocycles. The minimum absolute atomic E-state index is 0.0494. The van der Waals surface area contributed by atoms with Crippen molar-refractivity contribution in [1.29, 1.82) is 0 Å². The van der Waals surface area contributed by atoms with Crippen LogP contribution < -0.4 is 11.1 Å². The molecule has 0 heterocycles. The number of anilines is 2. The van der Waals surface area contributed by atoms with Crippen molar-refractivity contribution in [3.63, 3.8) is 0 Å². The topological polar surface area (TPSA) is 58.3 Å². The van der Waals surface area contributed by atoms with Crippen LogP contribution in [0, 0.1) is 0 Å². The number of hydrogen-bond acceptors (Lipinski definition) is 3. The minimum atomic E-state index is -4.48. The summed E-state index contributed by atoms with van der Waals surface area (Å²) in [5.74, 6) is 0. The van der Waals surface area contributed by atoms with E-state index in [1.54, 1.807) is 6.92 Å². The maximum Gasteiger partial charge on any atom is 0.418 e. The molecule has 1 rings (SSSR count). The first kappa shape index (κ1) is 15.6. The van der Waals surface area contributed by atoms with E-state index < -0.39 is 17.3 Å². The number of nitrogen functional groups attached to an aromatic ring is 1. The number of hydrogen-bond donors (Lipinski definition) is 3. The fourth-order valence-corrected chi connectivity index (χ4v) is 1.86. The average molecular weight is 276 g/mol. The smallest absolute Gasteiger partial charge is 0.399 e. The first-order valence-corrected chi connectivity index (χ1v) is 6.09. The van der Waals surface area contributed by atoms with Crippen LogP contribution in [0.3, 0.4) is 0 Å². The molecule has 0 aliphatic rings. The first-order chi connectivity index (χ1) is 8.65. The third-order valence-electron chi connectivity index (χ3n) is 2.80. The normalized spacial score (nSPS) is 15.1. The maximum atomic E-state index is 12.8. The third kappa shape index (κ3) is 4.63. The van der Waals surface area contributed by atoms with Crippen LogP contribution in [-0.2, 0) is 6.18 Å². The van der Waals surface area contributed by atoms with Crippen LogP contribution in [-0.4, -0.2) is 17.3 Å². The van der Waals surface area contributed by atoms with Crippen LogP contribution in [0.2, 0.25) is 0 Å². The Bertz CT molecular complexity index is 430. The van der Waals surface area contributed by atoms with E-state index in [-0.39, 0.29) is 17.9 Å². The van der Waals surface area contributed by atoms with E-state index in [1.165, 1.54) is 12.1 Å². The predicted molar refractivity (Wildman–Crippen MR) is 69.9 cm³/mol. The summed E-state index contributed by atoms with van der Waals surface area (Å²) in [5, 5.41) is 12.6. The third-order valence-corrected chi connectivity index (χ3v) is 2.80. The highest BCUT2D eigenvalue weighted by atomic mass is 19.4. The number of nitrogens with two attached hydrogens (primary N) is 1. The quantitative estimate of drug-likeness (QED) is 0.723. The molecular formula is C13H19F3N2O. The van der Waals surface area contributed by atoms with E-state index >= 15 is 0 Å². The Balaban J connectivity index is 2.90. The Morgan fingerprint density at radius 3 is 2.47 bits per heavy atom. The molecule has 1 aromatic rings. The van der Waals surface area contributed by atoms with Gasteiger partial charge in [0.05, 0.1) is 11.2 Å². The predicted octanol–water partition coefficient (Wildman–Crippen LogP) is 3.25. The van der Waals surface area contributed by atoms with Crippen molar-refractivity contribution < 1.29 is 18.3 Å². The highest BCUT2D eigenvalue weighted by Crippen LogP contribution is 2.36. The van der Waals surface area contributed by atoms with Gasteiger partial charge >= 0.3 is 6.18 Å². The van der Waals surface area contributed by atoms with E-state index in [0.29, 0.717) is 6.42 Å². The van der Waals surface area contributed by atoms with Crippen molar-refractivity contribution in [1.82, 2.24) is 0 Å². The van der Waals surface area contributed by atoms with E-state index in [0.717, 1.165) is 12.5 Å². The van der Waals surface area contributed by atoms with Gasteiger partial charge in [-0.25, -0.2) is 0 Å². The van der Waals surface area contributed by atoms with Gasteiger partial charge in [0.1, 0.15) is 0 Å². The Morgan fingerprint density at radius 1 is 1.32 bits per heavy atom. The fourth-order valence-electron chi connectivity index (χ4n) is 1.86. The summed E-state index contributed by atoms with van der Waals surface area (Å²) in [6, 6.07) is 3.56. The largest absolute Gasteiger partial charge is 0.418 e. The molecule has 0 spiro atoms. The van der Waals surface area contributed by atoms with Crippen LogP contribution in [0.1, 0.15) is 32.3 Å². The second-order valence-corrected chi connectivity index (χ2v) is 4.90. The standard InChI is InChI=1S/C13H19F3N2O/c1-3-6-12(2,19)8-18-11-5-4-9(17)7-10(11)13(14,15)16/h4-5,7,18-19H,3,6,8,17H2,1-2H3. The van der Waals surface area contributed by atoms with Crippen molar-refractivity contribution in [2.45, 2.75) is 38.5 Å². The summed E-state index contributed by atoms with van der Waals surface area (Å²) in [4.78, 5) is 0. The molecule has 6 heteroatoms. The van der Waals surface area contributed by atoms with Crippen LogP contribution in [0.5, 0.6) is 0 Å². The molecule has 0 bridgehead atoms. The zero-order valence-corrected chi connectivity index (χ0v) is 11.0. The molecule has 1 aromatic carbocycles. The minimum Gasteiger partial charge on any atom is -0.399 e. The lowest BCUT2D eigenvalue weighted by Crippen LogP contribution is -2.33. The molecule has 3 nitrogen and oxygen atoms in total. The molecule has 0 aliphatic heterocycles. The average Bonchev–Trinajstić information content (AvgIpc) is 2.26. The van der Waals surface area contributed by atoms with Gasteiger partial charge in [0.2, 0.25) is 0 Å². The van der Waals surface area contributed by atoms with Crippen molar-refractivity contribution in [2.75, 3.05) is 17.6 Å². The van der Waals surface area contributed by atoms with E-state index in [4.69, 9.17) is 5.73 Å². The van der Waals surface area contributed by atoms with E-state index in [1.807, 2.05) is 6.92 Å². The molecule has 0 aliphatic carbocycles. The van der Waals surface area contributed by atoms with Crippen LogP contribution in [0.25, 0.3) is 0 Å². The van der Waals surface area contributed by atoms with Gasteiger partial charge in [-0.15, -0.1) is 0 Å². The highest BCUT2D eigenvalue weighted by molar-refractivity contribution is 5.59. The lowest BCUT2D eigenvalue weighted by Gasteiger charge is -2.25. The summed E-state index contributed by atoms with van der Waals surface area (Å²) in [7, 11) is 0. The van der Waals surface area contributed by atoms with E-state index in [2.05, 4.69) is 5.32 Å². The van der Waals surface area contributed by atoms with Crippen LogP contribution in [0.15, 0.2) is 18.2 Å². The van der Waals surface area contributed by atoms with Gasteiger partial charge in [0, 0.05) is 17.9 Å². The van der Waals surface area contributed by atoms with Gasteiger partial charge in [-0.05, 0) is 31.5 Å². The Morgan fingerprint density at radius 2 is 1.95 bits per heavy atom. The number of rotatable bonds is 5. The number of halogens is 3. The molecule has 19 heavy (non-hydrogen) atoms. The Hall–Kier alpha value is -1.43. The number of nitrogens with one attached hydrogen (secondary N) is 1. The van der Waals surface area contributed by atoms with Gasteiger partial charge in [0.15, 0.2) is 0 Å². The summed E-state index contributed by atoms with van der Waals surface area (Å²) in [6.45, 7) is 3.54. The van der Waals surface area contributed by atoms with Crippen molar-refractivity contribution in [2.24, 2.45) is 0 Å². The molecule has 1 unspecified atom stereocenters. The maximum absolute atomic E-state index is 12.8. The molecular weight excluding hydrogens is 257 g/mol. The van der Waals surface area contributed by atoms with Gasteiger partial charge in [-0.3, -0.25) is 0 Å². The van der Waals surface area contributed by atoms with E-state index in [9.17, 15) is 18.3 Å². The summed E-state index contributed by atoms with van der Waals surface area (Å²) in [6.07, 6.45) is -3.22. The highest BCUT2D eigenvalue weighted by Gasteiger charge is 2.34. The second kappa shape index (κ2) is 5.69. The Kier molecular flexibility index (Phi) is 4.68. The van der Waals surface area contributed by atoms with Gasteiger partial charge in [-0.1, -0.05) is 13.3 Å². The SMILES string of the molecule is CCCC(C)(O)CNc1ccc(N)cc1C(F)(F)F. The number of benzene rings is 1. The van der Waals surface area contributed by atoms with Crippen molar-refractivity contribution in [3.8, 4) is 0 Å². The molecule has 0 amide bonds. The summed E-state index contributed by atoms with van der Waals surface area (Å²) >= 11 is 0. The number of alkyl halides is 3. The molecule has 0 aromatic heterocycles. The molecule has 0 saturated carbocycles. The van der Waals surface area contributed by atoms with Crippen molar-refractivity contribution >= 4 is 11.4 Å². The van der Waals surface area contributed by atoms with Crippen LogP contribution in [0.4, 0.5) is 24.5 Å².